The molecule has 2 fully saturated rings. The summed E-state index contributed by atoms with van der Waals surface area (Å²) in [6.07, 6.45) is 5.78. The van der Waals surface area contributed by atoms with Gasteiger partial charge >= 0.3 is 5.97 Å². The molecule has 3 N–H and O–H groups in total. The summed E-state index contributed by atoms with van der Waals surface area (Å²) in [5.41, 5.74) is -0.439. The van der Waals surface area contributed by atoms with Crippen molar-refractivity contribution in [1.29, 1.82) is 0 Å². The van der Waals surface area contributed by atoms with Gasteiger partial charge in [-0.15, -0.1) is 0 Å². The third kappa shape index (κ3) is 8.79. The average Bonchev–Trinajstić information content (AvgIpc) is 3.41. The molecule has 220 valence electrons. The molecule has 0 saturated carbocycles. The van der Waals surface area contributed by atoms with Crippen molar-refractivity contribution in [3.05, 3.63) is 35.9 Å². The molecule has 3 atom stereocenters. The maximum absolute atomic E-state index is 13.7. The van der Waals surface area contributed by atoms with E-state index in [1.54, 1.807) is 13.8 Å². The molecule has 4 amide bonds. The number of amides is 4. The van der Waals surface area contributed by atoms with Crippen molar-refractivity contribution >= 4 is 29.6 Å². The second-order valence-electron chi connectivity index (χ2n) is 11.3. The Bertz CT molecular complexity index is 1040. The molecule has 2 aliphatic heterocycles. The van der Waals surface area contributed by atoms with Crippen molar-refractivity contribution in [2.45, 2.75) is 109 Å². The minimum atomic E-state index is -1.32. The van der Waals surface area contributed by atoms with E-state index in [2.05, 4.69) is 16.0 Å². The zero-order valence-corrected chi connectivity index (χ0v) is 24.0. The summed E-state index contributed by atoms with van der Waals surface area (Å²) in [6.45, 7) is 6.03. The Morgan fingerprint density at radius 2 is 1.73 bits per heavy atom. The lowest BCUT2D eigenvalue weighted by Gasteiger charge is -2.34. The van der Waals surface area contributed by atoms with Gasteiger partial charge in [-0.3, -0.25) is 24.0 Å². The van der Waals surface area contributed by atoms with Gasteiger partial charge in [-0.1, -0.05) is 56.5 Å². The highest BCUT2D eigenvalue weighted by atomic mass is 16.5. The lowest BCUT2D eigenvalue weighted by atomic mass is 9.98. The summed E-state index contributed by atoms with van der Waals surface area (Å²) < 4.78 is 5.18. The normalized spacial score (nSPS) is 23.3. The molecule has 0 bridgehead atoms. The molecule has 10 heteroatoms. The molecule has 0 spiro atoms. The highest BCUT2D eigenvalue weighted by Gasteiger charge is 2.42. The van der Waals surface area contributed by atoms with Gasteiger partial charge in [0, 0.05) is 19.4 Å². The maximum Gasteiger partial charge on any atom is 0.305 e. The van der Waals surface area contributed by atoms with Crippen molar-refractivity contribution in [2.75, 3.05) is 13.2 Å². The van der Waals surface area contributed by atoms with Crippen LogP contribution in [0.4, 0.5) is 0 Å². The van der Waals surface area contributed by atoms with Gasteiger partial charge in [0.15, 0.2) is 0 Å². The molecule has 2 aliphatic rings. The fourth-order valence-electron chi connectivity index (χ4n) is 5.08. The predicted octanol–water partition coefficient (Wildman–Crippen LogP) is 2.39. The standard InChI is InChI=1S/C30H44N4O6/c1-4-5-19-40-25(35)17-11-7-10-15-22-26(36)33-30(2,3)29(39)32-23(20-21-13-8-6-9-14-21)28(38)34-18-12-16-24(34)27(37)31-22/h6,8-9,13-14,22-24H,4-5,7,10-12,15-20H2,1-3H3,(H,31,37)(H,32,39)(H,33,36)/t22-,23-,24+/m0/s1. The molecular weight excluding hydrogens is 512 g/mol. The summed E-state index contributed by atoms with van der Waals surface area (Å²) in [4.78, 5) is 67.1. The Hall–Kier alpha value is -3.43. The van der Waals surface area contributed by atoms with Gasteiger partial charge < -0.3 is 25.6 Å². The molecule has 0 aromatic heterocycles. The van der Waals surface area contributed by atoms with Gasteiger partial charge in [0.25, 0.3) is 0 Å². The van der Waals surface area contributed by atoms with Crippen molar-refractivity contribution < 1.29 is 28.7 Å². The molecule has 0 aliphatic carbocycles. The number of ether oxygens (including phenoxy) is 1. The van der Waals surface area contributed by atoms with Crippen LogP contribution >= 0.6 is 0 Å². The summed E-state index contributed by atoms with van der Waals surface area (Å²) in [6, 6.07) is 6.94. The van der Waals surface area contributed by atoms with Crippen molar-refractivity contribution in [1.82, 2.24) is 20.9 Å². The summed E-state index contributed by atoms with van der Waals surface area (Å²) >= 11 is 0. The Labute approximate surface area is 237 Å². The van der Waals surface area contributed by atoms with E-state index in [0.29, 0.717) is 58.1 Å². The second kappa shape index (κ2) is 14.8. The zero-order valence-electron chi connectivity index (χ0n) is 24.0. The largest absolute Gasteiger partial charge is 0.466 e. The molecule has 0 radical (unpaired) electrons. The first kappa shape index (κ1) is 31.1. The molecule has 3 rings (SSSR count). The van der Waals surface area contributed by atoms with Crippen LogP contribution in [0.3, 0.4) is 0 Å². The molecule has 2 heterocycles. The Kier molecular flexibility index (Phi) is 11.5. The van der Waals surface area contributed by atoms with Crippen molar-refractivity contribution in [3.8, 4) is 0 Å². The molecule has 2 saturated heterocycles. The fourth-order valence-corrected chi connectivity index (χ4v) is 5.08. The second-order valence-corrected chi connectivity index (χ2v) is 11.3. The first-order valence-electron chi connectivity index (χ1n) is 14.6. The van der Waals surface area contributed by atoms with Crippen LogP contribution in [0.25, 0.3) is 0 Å². The number of carbonyl (C=O) groups excluding carboxylic acids is 5. The number of rotatable bonds is 11. The lowest BCUT2D eigenvalue weighted by Crippen LogP contribution is -2.64. The van der Waals surface area contributed by atoms with Crippen molar-refractivity contribution in [3.63, 3.8) is 0 Å². The van der Waals surface area contributed by atoms with Crippen LogP contribution in [0.1, 0.15) is 84.1 Å². The van der Waals surface area contributed by atoms with E-state index in [-0.39, 0.29) is 24.2 Å². The fraction of sp³-hybridized carbons (Fsp3) is 0.633. The topological polar surface area (TPSA) is 134 Å². The SMILES string of the molecule is CCCCOC(=O)CCCCC[C@@H]1NC(=O)[C@H]2CCCN2C(=O)[C@H](Cc2ccccc2)NC(=O)C(C)(C)NC1=O. The van der Waals surface area contributed by atoms with Gasteiger partial charge in [-0.2, -0.15) is 0 Å². The van der Waals surface area contributed by atoms with Crippen LogP contribution in [0.5, 0.6) is 0 Å². The van der Waals surface area contributed by atoms with E-state index in [9.17, 15) is 24.0 Å². The smallest absolute Gasteiger partial charge is 0.305 e. The highest BCUT2D eigenvalue weighted by Crippen LogP contribution is 2.21. The van der Waals surface area contributed by atoms with Crippen LogP contribution in [0.15, 0.2) is 30.3 Å². The Morgan fingerprint density at radius 3 is 2.45 bits per heavy atom. The van der Waals surface area contributed by atoms with Crippen molar-refractivity contribution in [2.24, 2.45) is 0 Å². The number of benzene rings is 1. The quantitative estimate of drug-likeness (QED) is 0.283. The minimum absolute atomic E-state index is 0.227. The first-order valence-corrected chi connectivity index (χ1v) is 14.6. The summed E-state index contributed by atoms with van der Waals surface area (Å²) in [7, 11) is 0. The zero-order chi connectivity index (χ0) is 29.1. The molecule has 40 heavy (non-hydrogen) atoms. The van der Waals surface area contributed by atoms with Gasteiger partial charge in [-0.25, -0.2) is 0 Å². The highest BCUT2D eigenvalue weighted by molar-refractivity contribution is 5.99. The summed E-state index contributed by atoms with van der Waals surface area (Å²) in [5.74, 6) is -1.83. The number of nitrogens with one attached hydrogen (secondary N) is 3. The van der Waals surface area contributed by atoms with E-state index in [0.717, 1.165) is 18.4 Å². The molecule has 0 unspecified atom stereocenters. The minimum Gasteiger partial charge on any atom is -0.466 e. The third-order valence-electron chi connectivity index (χ3n) is 7.50. The maximum atomic E-state index is 13.7. The summed E-state index contributed by atoms with van der Waals surface area (Å²) in [5, 5.41) is 8.49. The van der Waals surface area contributed by atoms with Gasteiger partial charge in [0.2, 0.25) is 23.6 Å². The van der Waals surface area contributed by atoms with E-state index in [1.807, 2.05) is 37.3 Å². The van der Waals surface area contributed by atoms with Crippen LogP contribution < -0.4 is 16.0 Å². The van der Waals surface area contributed by atoms with Gasteiger partial charge in [0.05, 0.1) is 6.61 Å². The third-order valence-corrected chi connectivity index (χ3v) is 7.50. The molecule has 1 aromatic rings. The van der Waals surface area contributed by atoms with Crippen LogP contribution in [0.2, 0.25) is 0 Å². The van der Waals surface area contributed by atoms with Gasteiger partial charge in [-0.05, 0) is 51.5 Å². The number of unbranched alkanes of at least 4 members (excludes halogenated alkanes) is 3. The molecular formula is C30H44N4O6. The van der Waals surface area contributed by atoms with E-state index < -0.39 is 35.5 Å². The Balaban J connectivity index is 1.70. The number of hydrogen-bond acceptors (Lipinski definition) is 6. The molecule has 10 nitrogen and oxygen atoms in total. The Morgan fingerprint density at radius 1 is 0.975 bits per heavy atom. The average molecular weight is 557 g/mol. The lowest BCUT2D eigenvalue weighted by molar-refractivity contribution is -0.144. The number of carbonyl (C=O) groups is 5. The molecule has 1 aromatic carbocycles. The van der Waals surface area contributed by atoms with E-state index in [4.69, 9.17) is 4.74 Å². The van der Waals surface area contributed by atoms with E-state index >= 15 is 0 Å². The number of fused-ring (bicyclic) bond motifs is 1. The van der Waals surface area contributed by atoms with E-state index in [1.165, 1.54) is 4.90 Å². The van der Waals surface area contributed by atoms with Gasteiger partial charge in [0.1, 0.15) is 23.7 Å². The predicted molar refractivity (Wildman–Crippen MR) is 150 cm³/mol. The van der Waals surface area contributed by atoms with Crippen LogP contribution in [-0.2, 0) is 35.1 Å². The van der Waals surface area contributed by atoms with Crippen LogP contribution in [-0.4, -0.2) is 71.3 Å². The number of nitrogens with zero attached hydrogens (tertiary/aromatic N) is 1. The monoisotopic (exact) mass is 556 g/mol. The first-order chi connectivity index (χ1) is 19.1. The number of hydrogen-bond donors (Lipinski definition) is 3. The number of esters is 1. The van der Waals surface area contributed by atoms with Crippen LogP contribution in [0, 0.1) is 0 Å².